The van der Waals surface area contributed by atoms with E-state index < -0.39 is 17.6 Å². The van der Waals surface area contributed by atoms with Gasteiger partial charge in [-0.25, -0.2) is 0 Å². The molecule has 1 heterocycles. The van der Waals surface area contributed by atoms with Crippen LogP contribution in [0.2, 0.25) is 0 Å². The number of halogens is 3. The summed E-state index contributed by atoms with van der Waals surface area (Å²) in [5, 5.41) is 0.755. The highest BCUT2D eigenvalue weighted by atomic mass is 19.4. The number of para-hydroxylation sites is 1. The second-order valence-corrected chi connectivity index (χ2v) is 4.44. The van der Waals surface area contributed by atoms with Crippen LogP contribution in [0.1, 0.15) is 15.9 Å². The molecule has 20 heavy (non-hydrogen) atoms. The highest BCUT2D eigenvalue weighted by Crippen LogP contribution is 2.37. The zero-order chi connectivity index (χ0) is 14.5. The first-order chi connectivity index (χ1) is 9.39. The van der Waals surface area contributed by atoms with Gasteiger partial charge < -0.3 is 10.7 Å². The molecule has 3 N–H and O–H groups in total. The van der Waals surface area contributed by atoms with Gasteiger partial charge in [-0.3, -0.25) is 4.79 Å². The molecule has 2 aromatic carbocycles. The number of hydrogen-bond acceptors (Lipinski definition) is 1. The molecule has 0 aliphatic heterocycles. The highest BCUT2D eigenvalue weighted by Gasteiger charge is 2.33. The number of fused-ring (bicyclic) bond motifs is 3. The number of benzene rings is 2. The quantitative estimate of drug-likeness (QED) is 0.703. The number of amides is 1. The Morgan fingerprint density at radius 1 is 1.10 bits per heavy atom. The number of alkyl halides is 3. The van der Waals surface area contributed by atoms with Crippen LogP contribution < -0.4 is 5.73 Å². The second-order valence-electron chi connectivity index (χ2n) is 4.44. The van der Waals surface area contributed by atoms with Crippen LogP contribution in [0.25, 0.3) is 21.8 Å². The molecule has 1 amide bonds. The summed E-state index contributed by atoms with van der Waals surface area (Å²) in [5.41, 5.74) is 5.13. The molecule has 1 aromatic heterocycles. The monoisotopic (exact) mass is 278 g/mol. The van der Waals surface area contributed by atoms with Gasteiger partial charge in [0, 0.05) is 21.9 Å². The van der Waals surface area contributed by atoms with Crippen molar-refractivity contribution in [3.05, 3.63) is 47.5 Å². The SMILES string of the molecule is NC(=O)c1cccc2[nH]c3c(C(F)(F)F)cccc3c12. The van der Waals surface area contributed by atoms with Gasteiger partial charge in [0.15, 0.2) is 0 Å². The summed E-state index contributed by atoms with van der Waals surface area (Å²) in [5.74, 6) is -0.672. The van der Waals surface area contributed by atoms with E-state index in [0.717, 1.165) is 6.07 Å². The molecule has 0 bridgehead atoms. The Balaban J connectivity index is 2.50. The Hall–Kier alpha value is -2.50. The molecular weight excluding hydrogens is 269 g/mol. The molecule has 0 aliphatic carbocycles. The van der Waals surface area contributed by atoms with Crippen molar-refractivity contribution in [3.8, 4) is 0 Å². The molecule has 3 nitrogen and oxygen atoms in total. The number of nitrogens with two attached hydrogens (primary N) is 1. The van der Waals surface area contributed by atoms with Crippen LogP contribution >= 0.6 is 0 Å². The van der Waals surface area contributed by atoms with Crippen LogP contribution in [0.5, 0.6) is 0 Å². The van der Waals surface area contributed by atoms with Crippen molar-refractivity contribution in [1.29, 1.82) is 0 Å². The van der Waals surface area contributed by atoms with Crippen molar-refractivity contribution in [1.82, 2.24) is 4.98 Å². The average Bonchev–Trinajstić information content (AvgIpc) is 2.75. The largest absolute Gasteiger partial charge is 0.418 e. The second kappa shape index (κ2) is 4.00. The van der Waals surface area contributed by atoms with Gasteiger partial charge in [0.05, 0.1) is 11.1 Å². The number of carbonyl (C=O) groups excluding carboxylic acids is 1. The third kappa shape index (κ3) is 1.72. The summed E-state index contributed by atoms with van der Waals surface area (Å²) in [6.07, 6.45) is -4.47. The highest BCUT2D eigenvalue weighted by molar-refractivity contribution is 6.17. The van der Waals surface area contributed by atoms with E-state index in [1.165, 1.54) is 18.2 Å². The number of aromatic nitrogens is 1. The molecule has 0 spiro atoms. The third-order valence-corrected chi connectivity index (χ3v) is 3.23. The first kappa shape index (κ1) is 12.5. The molecule has 3 aromatic rings. The van der Waals surface area contributed by atoms with Gasteiger partial charge in [0.2, 0.25) is 5.91 Å². The Labute approximate surface area is 111 Å². The minimum absolute atomic E-state index is 0.0382. The predicted molar refractivity (Wildman–Crippen MR) is 69.3 cm³/mol. The lowest BCUT2D eigenvalue weighted by atomic mass is 10.0. The summed E-state index contributed by atoms with van der Waals surface area (Å²) < 4.78 is 39.0. The number of carbonyl (C=O) groups is 1. The summed E-state index contributed by atoms with van der Waals surface area (Å²) in [7, 11) is 0. The summed E-state index contributed by atoms with van der Waals surface area (Å²) in [4.78, 5) is 14.1. The fourth-order valence-corrected chi connectivity index (χ4v) is 2.42. The molecule has 0 saturated carbocycles. The van der Waals surface area contributed by atoms with Crippen LogP contribution in [-0.4, -0.2) is 10.9 Å². The maximum atomic E-state index is 13.0. The standard InChI is InChI=1S/C14H9F3N2O/c15-14(16,17)9-5-1-3-7-11-8(13(18)20)4-2-6-10(11)19-12(7)9/h1-6,19H,(H2,18,20). The molecule has 0 aliphatic rings. The molecule has 0 fully saturated rings. The maximum Gasteiger partial charge on any atom is 0.418 e. The Morgan fingerprint density at radius 2 is 1.80 bits per heavy atom. The number of hydrogen-bond donors (Lipinski definition) is 2. The van der Waals surface area contributed by atoms with Crippen LogP contribution in [0, 0.1) is 0 Å². The van der Waals surface area contributed by atoms with Crippen molar-refractivity contribution < 1.29 is 18.0 Å². The first-order valence-corrected chi connectivity index (χ1v) is 5.80. The predicted octanol–water partition coefficient (Wildman–Crippen LogP) is 3.44. The lowest BCUT2D eigenvalue weighted by Crippen LogP contribution is -2.11. The smallest absolute Gasteiger partial charge is 0.366 e. The van der Waals surface area contributed by atoms with E-state index in [-0.39, 0.29) is 11.1 Å². The molecule has 6 heteroatoms. The zero-order valence-electron chi connectivity index (χ0n) is 10.1. The number of nitrogens with one attached hydrogen (secondary N) is 1. The third-order valence-electron chi connectivity index (χ3n) is 3.23. The number of primary amides is 1. The van der Waals surface area contributed by atoms with Crippen LogP contribution in [0.4, 0.5) is 13.2 Å². The van der Waals surface area contributed by atoms with E-state index in [4.69, 9.17) is 5.73 Å². The van der Waals surface area contributed by atoms with Crippen molar-refractivity contribution >= 4 is 27.7 Å². The Bertz CT molecular complexity index is 833. The normalized spacial score (nSPS) is 12.2. The molecule has 0 radical (unpaired) electrons. The summed E-state index contributed by atoms with van der Waals surface area (Å²) in [6, 6.07) is 8.54. The molecule has 102 valence electrons. The van der Waals surface area contributed by atoms with Crippen LogP contribution in [0.15, 0.2) is 36.4 Å². The fourth-order valence-electron chi connectivity index (χ4n) is 2.42. The minimum Gasteiger partial charge on any atom is -0.366 e. The average molecular weight is 278 g/mol. The van der Waals surface area contributed by atoms with Gasteiger partial charge >= 0.3 is 6.18 Å². The summed E-state index contributed by atoms with van der Waals surface area (Å²) >= 11 is 0. The lowest BCUT2D eigenvalue weighted by molar-refractivity contribution is -0.136. The van der Waals surface area contributed by atoms with Gasteiger partial charge in [0.1, 0.15) is 0 Å². The Morgan fingerprint density at radius 3 is 2.45 bits per heavy atom. The first-order valence-electron chi connectivity index (χ1n) is 5.80. The Kier molecular flexibility index (Phi) is 2.50. The molecule has 3 rings (SSSR count). The maximum absolute atomic E-state index is 13.0. The van der Waals surface area contributed by atoms with Crippen molar-refractivity contribution in [2.45, 2.75) is 6.18 Å². The molecular formula is C14H9F3N2O. The van der Waals surface area contributed by atoms with E-state index in [9.17, 15) is 18.0 Å². The topological polar surface area (TPSA) is 58.9 Å². The zero-order valence-corrected chi connectivity index (χ0v) is 10.1. The van der Waals surface area contributed by atoms with Gasteiger partial charge in [-0.05, 0) is 18.2 Å². The summed E-state index contributed by atoms with van der Waals surface area (Å²) in [6.45, 7) is 0. The lowest BCUT2D eigenvalue weighted by Gasteiger charge is -2.07. The molecule has 0 unspecified atom stereocenters. The van der Waals surface area contributed by atoms with Gasteiger partial charge in [0.25, 0.3) is 0 Å². The van der Waals surface area contributed by atoms with E-state index in [1.54, 1.807) is 12.1 Å². The van der Waals surface area contributed by atoms with Gasteiger partial charge in [-0.1, -0.05) is 18.2 Å². The van der Waals surface area contributed by atoms with Crippen molar-refractivity contribution in [3.63, 3.8) is 0 Å². The number of rotatable bonds is 1. The van der Waals surface area contributed by atoms with E-state index in [1.807, 2.05) is 0 Å². The van der Waals surface area contributed by atoms with Crippen LogP contribution in [0.3, 0.4) is 0 Å². The number of H-pyrrole nitrogens is 1. The minimum atomic E-state index is -4.47. The van der Waals surface area contributed by atoms with Crippen molar-refractivity contribution in [2.24, 2.45) is 5.73 Å². The molecule has 0 atom stereocenters. The number of aromatic amines is 1. The van der Waals surface area contributed by atoms with E-state index in [2.05, 4.69) is 4.98 Å². The van der Waals surface area contributed by atoms with Gasteiger partial charge in [-0.2, -0.15) is 13.2 Å². The van der Waals surface area contributed by atoms with Gasteiger partial charge in [-0.15, -0.1) is 0 Å². The van der Waals surface area contributed by atoms with E-state index >= 15 is 0 Å². The van der Waals surface area contributed by atoms with E-state index in [0.29, 0.717) is 16.3 Å². The van der Waals surface area contributed by atoms with Crippen LogP contribution in [-0.2, 0) is 6.18 Å². The van der Waals surface area contributed by atoms with Crippen molar-refractivity contribution in [2.75, 3.05) is 0 Å². The molecule has 0 saturated heterocycles. The fraction of sp³-hybridized carbons (Fsp3) is 0.0714.